The molecule has 202 valence electrons. The standard InChI is InChI=1S/C29H34BrN3O4S/c1-21(2)31-29(35)27(18-23-11-6-5-7-12-23)32(19-24-13-9-14-25(30)17-24)28(34)20-33(38(4,36)37)26-15-8-10-22(3)16-26/h5-17,21,27H,18-20H2,1-4H3,(H,31,35)/t27-/m1/s1. The van der Waals surface area contributed by atoms with Crippen LogP contribution in [0.2, 0.25) is 0 Å². The zero-order valence-electron chi connectivity index (χ0n) is 22.1. The van der Waals surface area contributed by atoms with E-state index >= 15 is 0 Å². The van der Waals surface area contributed by atoms with Crippen LogP contribution in [-0.2, 0) is 32.6 Å². The number of hydrogen-bond donors (Lipinski definition) is 1. The number of sulfonamides is 1. The van der Waals surface area contributed by atoms with Gasteiger partial charge in [0.1, 0.15) is 12.6 Å². The predicted octanol–water partition coefficient (Wildman–Crippen LogP) is 4.69. The van der Waals surface area contributed by atoms with Gasteiger partial charge in [-0.2, -0.15) is 0 Å². The number of benzene rings is 3. The van der Waals surface area contributed by atoms with Crippen LogP contribution in [-0.4, -0.2) is 50.0 Å². The van der Waals surface area contributed by atoms with Crippen molar-refractivity contribution in [2.75, 3.05) is 17.1 Å². The normalized spacial score (nSPS) is 12.2. The van der Waals surface area contributed by atoms with Crippen LogP contribution < -0.4 is 9.62 Å². The lowest BCUT2D eigenvalue weighted by Gasteiger charge is -2.34. The highest BCUT2D eigenvalue weighted by atomic mass is 79.9. The van der Waals surface area contributed by atoms with E-state index in [9.17, 15) is 18.0 Å². The zero-order valence-corrected chi connectivity index (χ0v) is 24.5. The first-order valence-electron chi connectivity index (χ1n) is 12.4. The van der Waals surface area contributed by atoms with Crippen molar-refractivity contribution in [3.8, 4) is 0 Å². The van der Waals surface area contributed by atoms with Crippen LogP contribution in [0, 0.1) is 6.92 Å². The smallest absolute Gasteiger partial charge is 0.244 e. The summed E-state index contributed by atoms with van der Waals surface area (Å²) in [4.78, 5) is 29.0. The second-order valence-corrected chi connectivity index (χ2v) is 12.5. The monoisotopic (exact) mass is 599 g/mol. The summed E-state index contributed by atoms with van der Waals surface area (Å²) in [5.74, 6) is -0.773. The molecular formula is C29H34BrN3O4S. The zero-order chi connectivity index (χ0) is 27.9. The number of hydrogen-bond acceptors (Lipinski definition) is 4. The molecule has 0 aliphatic rings. The number of nitrogens with zero attached hydrogens (tertiary/aromatic N) is 2. The lowest BCUT2D eigenvalue weighted by Crippen LogP contribution is -2.54. The molecule has 0 spiro atoms. The summed E-state index contributed by atoms with van der Waals surface area (Å²) >= 11 is 3.48. The summed E-state index contributed by atoms with van der Waals surface area (Å²) in [6, 6.07) is 23.0. The van der Waals surface area contributed by atoms with Crippen LogP contribution in [0.3, 0.4) is 0 Å². The Bertz CT molecular complexity index is 1360. The quantitative estimate of drug-likeness (QED) is 0.346. The van der Waals surface area contributed by atoms with E-state index in [1.165, 1.54) is 4.90 Å². The summed E-state index contributed by atoms with van der Waals surface area (Å²) in [6.07, 6.45) is 1.36. The van der Waals surface area contributed by atoms with Crippen molar-refractivity contribution in [2.24, 2.45) is 0 Å². The van der Waals surface area contributed by atoms with E-state index in [0.717, 1.165) is 31.7 Å². The molecule has 0 heterocycles. The fourth-order valence-corrected chi connectivity index (χ4v) is 5.45. The molecule has 3 rings (SSSR count). The van der Waals surface area contributed by atoms with Crippen molar-refractivity contribution in [3.05, 3.63) is 100 Å². The van der Waals surface area contributed by atoms with Crippen LogP contribution in [0.25, 0.3) is 0 Å². The second-order valence-electron chi connectivity index (χ2n) is 9.63. The van der Waals surface area contributed by atoms with E-state index < -0.39 is 28.5 Å². The Morgan fingerprint density at radius 2 is 1.58 bits per heavy atom. The largest absolute Gasteiger partial charge is 0.352 e. The predicted molar refractivity (Wildman–Crippen MR) is 155 cm³/mol. The molecule has 1 N–H and O–H groups in total. The molecule has 0 radical (unpaired) electrons. The third-order valence-corrected chi connectivity index (χ3v) is 7.55. The second kappa shape index (κ2) is 13.1. The topological polar surface area (TPSA) is 86.8 Å². The number of amides is 2. The summed E-state index contributed by atoms with van der Waals surface area (Å²) in [7, 11) is -3.79. The summed E-state index contributed by atoms with van der Waals surface area (Å²) in [5.41, 5.74) is 2.97. The van der Waals surface area contributed by atoms with Gasteiger partial charge in [-0.1, -0.05) is 70.5 Å². The molecule has 1 atom stereocenters. The molecule has 0 bridgehead atoms. The SMILES string of the molecule is Cc1cccc(N(CC(=O)N(Cc2cccc(Br)c2)[C@H](Cc2ccccc2)C(=O)NC(C)C)S(C)(=O)=O)c1. The Labute approximate surface area is 234 Å². The van der Waals surface area contributed by atoms with Crippen LogP contribution >= 0.6 is 15.9 Å². The van der Waals surface area contributed by atoms with Gasteiger partial charge >= 0.3 is 0 Å². The molecule has 7 nitrogen and oxygen atoms in total. The van der Waals surface area contributed by atoms with Crippen LogP contribution in [0.1, 0.15) is 30.5 Å². The number of anilines is 1. The molecule has 0 aromatic heterocycles. The number of carbonyl (C=O) groups is 2. The van der Waals surface area contributed by atoms with Gasteiger partial charge in [-0.25, -0.2) is 8.42 Å². The van der Waals surface area contributed by atoms with E-state index in [-0.39, 0.29) is 24.9 Å². The molecule has 0 saturated carbocycles. The average Bonchev–Trinajstić information content (AvgIpc) is 2.84. The summed E-state index contributed by atoms with van der Waals surface area (Å²) in [5, 5.41) is 2.94. The Balaban J connectivity index is 2.06. The lowest BCUT2D eigenvalue weighted by molar-refractivity contribution is -0.140. The van der Waals surface area contributed by atoms with Gasteiger partial charge < -0.3 is 10.2 Å². The Morgan fingerprint density at radius 1 is 0.921 bits per heavy atom. The summed E-state index contributed by atoms with van der Waals surface area (Å²) in [6.45, 7) is 5.28. The fraction of sp³-hybridized carbons (Fsp3) is 0.310. The van der Waals surface area contributed by atoms with E-state index in [4.69, 9.17) is 0 Å². The van der Waals surface area contributed by atoms with Crippen molar-refractivity contribution in [1.82, 2.24) is 10.2 Å². The maximum Gasteiger partial charge on any atom is 0.244 e. The van der Waals surface area contributed by atoms with Crippen molar-refractivity contribution < 1.29 is 18.0 Å². The van der Waals surface area contributed by atoms with Gasteiger partial charge in [0, 0.05) is 23.5 Å². The van der Waals surface area contributed by atoms with Gasteiger partial charge in [0.25, 0.3) is 0 Å². The Hall–Kier alpha value is -3.17. The highest BCUT2D eigenvalue weighted by Crippen LogP contribution is 2.22. The molecular weight excluding hydrogens is 566 g/mol. The van der Waals surface area contributed by atoms with Gasteiger partial charge in [-0.05, 0) is 61.7 Å². The van der Waals surface area contributed by atoms with Crippen LogP contribution in [0.5, 0.6) is 0 Å². The van der Waals surface area contributed by atoms with E-state index in [0.29, 0.717) is 5.69 Å². The van der Waals surface area contributed by atoms with Crippen molar-refractivity contribution in [3.63, 3.8) is 0 Å². The average molecular weight is 601 g/mol. The van der Waals surface area contributed by atoms with Gasteiger partial charge in [0.2, 0.25) is 21.8 Å². The third kappa shape index (κ3) is 8.43. The molecule has 9 heteroatoms. The first kappa shape index (κ1) is 29.4. The van der Waals surface area contributed by atoms with E-state index in [1.54, 1.807) is 18.2 Å². The maximum atomic E-state index is 14.0. The Morgan fingerprint density at radius 3 is 2.18 bits per heavy atom. The Kier molecular flexibility index (Phi) is 10.1. The summed E-state index contributed by atoms with van der Waals surface area (Å²) < 4.78 is 27.6. The molecule has 3 aromatic carbocycles. The van der Waals surface area contributed by atoms with Gasteiger partial charge in [0.15, 0.2) is 0 Å². The van der Waals surface area contributed by atoms with Crippen molar-refractivity contribution >= 4 is 43.5 Å². The molecule has 0 aliphatic heterocycles. The van der Waals surface area contributed by atoms with Gasteiger partial charge in [-0.3, -0.25) is 13.9 Å². The first-order valence-corrected chi connectivity index (χ1v) is 15.0. The number of carbonyl (C=O) groups excluding carboxylic acids is 2. The molecule has 0 saturated heterocycles. The van der Waals surface area contributed by atoms with E-state index in [1.807, 2.05) is 81.4 Å². The third-order valence-electron chi connectivity index (χ3n) is 5.91. The maximum absolute atomic E-state index is 14.0. The minimum atomic E-state index is -3.79. The molecule has 0 aliphatic carbocycles. The number of aryl methyl sites for hydroxylation is 1. The van der Waals surface area contributed by atoms with Gasteiger partial charge in [0.05, 0.1) is 11.9 Å². The molecule has 2 amide bonds. The molecule has 0 fully saturated rings. The van der Waals surface area contributed by atoms with Crippen molar-refractivity contribution in [1.29, 1.82) is 0 Å². The fourth-order valence-electron chi connectivity index (χ4n) is 4.16. The minimum absolute atomic E-state index is 0.132. The van der Waals surface area contributed by atoms with E-state index in [2.05, 4.69) is 21.2 Å². The molecule has 0 unspecified atom stereocenters. The lowest BCUT2D eigenvalue weighted by atomic mass is 10.0. The molecule has 38 heavy (non-hydrogen) atoms. The minimum Gasteiger partial charge on any atom is -0.352 e. The number of nitrogens with one attached hydrogen (secondary N) is 1. The van der Waals surface area contributed by atoms with Gasteiger partial charge in [-0.15, -0.1) is 0 Å². The van der Waals surface area contributed by atoms with Crippen LogP contribution in [0.15, 0.2) is 83.3 Å². The molecule has 3 aromatic rings. The highest BCUT2D eigenvalue weighted by Gasteiger charge is 2.33. The number of rotatable bonds is 11. The highest BCUT2D eigenvalue weighted by molar-refractivity contribution is 9.10. The number of halogens is 1. The van der Waals surface area contributed by atoms with Crippen molar-refractivity contribution in [2.45, 2.75) is 45.8 Å². The first-order chi connectivity index (χ1) is 17.9. The van der Waals surface area contributed by atoms with Crippen LogP contribution in [0.4, 0.5) is 5.69 Å².